The van der Waals surface area contributed by atoms with Crippen LogP contribution in [0.1, 0.15) is 23.7 Å². The van der Waals surface area contributed by atoms with Gasteiger partial charge in [-0.3, -0.25) is 14.5 Å². The third kappa shape index (κ3) is 2.41. The topological polar surface area (TPSA) is 64.1 Å². The molecule has 3 aliphatic heterocycles. The quantitative estimate of drug-likeness (QED) is 0.798. The summed E-state index contributed by atoms with van der Waals surface area (Å²) in [6.07, 6.45) is 0.371. The average Bonchev–Trinajstić information content (AvgIpc) is 2.92. The van der Waals surface area contributed by atoms with Crippen molar-refractivity contribution >= 4 is 11.8 Å². The van der Waals surface area contributed by atoms with Crippen LogP contribution in [0.4, 0.5) is 0 Å². The fourth-order valence-electron chi connectivity index (χ4n) is 4.50. The number of carbonyl (C=O) groups is 2. The minimum Gasteiger partial charge on any atom is -0.392 e. The van der Waals surface area contributed by atoms with E-state index in [0.717, 1.165) is 0 Å². The van der Waals surface area contributed by atoms with Crippen LogP contribution >= 0.6 is 0 Å². The summed E-state index contributed by atoms with van der Waals surface area (Å²) >= 11 is 0. The number of β-amino-alcohol motifs (C(OH)–C–C–N with tert-alkyl or cyclic N) is 1. The van der Waals surface area contributed by atoms with Gasteiger partial charge in [0.05, 0.1) is 11.6 Å². The van der Waals surface area contributed by atoms with Crippen molar-refractivity contribution in [2.24, 2.45) is 0 Å². The summed E-state index contributed by atoms with van der Waals surface area (Å²) in [4.78, 5) is 30.6. The summed E-state index contributed by atoms with van der Waals surface area (Å²) in [5, 5.41) is 10.1. The number of rotatable bonds is 1. The van der Waals surface area contributed by atoms with E-state index in [4.69, 9.17) is 0 Å². The number of fused-ring (bicyclic) bond motifs is 2. The Kier molecular flexibility index (Phi) is 3.62. The summed E-state index contributed by atoms with van der Waals surface area (Å²) in [6.45, 7) is 4.80. The van der Waals surface area contributed by atoms with Gasteiger partial charge in [-0.1, -0.05) is 18.2 Å². The Hall–Kier alpha value is -1.92. The van der Waals surface area contributed by atoms with Gasteiger partial charge in [0.15, 0.2) is 0 Å². The van der Waals surface area contributed by atoms with Crippen LogP contribution in [0.15, 0.2) is 30.3 Å². The van der Waals surface area contributed by atoms with Crippen LogP contribution in [-0.4, -0.2) is 82.0 Å². The molecule has 4 rings (SSSR count). The predicted molar refractivity (Wildman–Crippen MR) is 88.4 cm³/mol. The van der Waals surface area contributed by atoms with Crippen LogP contribution in [0.25, 0.3) is 0 Å². The molecule has 3 fully saturated rings. The number of hydrogen-bond donors (Lipinski definition) is 1. The Morgan fingerprint density at radius 1 is 1.08 bits per heavy atom. The number of hydrogen-bond acceptors (Lipinski definition) is 4. The minimum absolute atomic E-state index is 0.0393. The van der Waals surface area contributed by atoms with Gasteiger partial charge in [-0.25, -0.2) is 0 Å². The second-order valence-corrected chi connectivity index (χ2v) is 7.35. The molecule has 0 saturated carbocycles. The van der Waals surface area contributed by atoms with Gasteiger partial charge in [-0.05, 0) is 18.6 Å². The van der Waals surface area contributed by atoms with Crippen molar-refractivity contribution in [1.29, 1.82) is 0 Å². The smallest absolute Gasteiger partial charge is 0.253 e. The molecule has 0 bridgehead atoms. The lowest BCUT2D eigenvalue weighted by molar-refractivity contribution is -0.144. The zero-order valence-corrected chi connectivity index (χ0v) is 13.9. The van der Waals surface area contributed by atoms with Gasteiger partial charge < -0.3 is 14.9 Å². The first kappa shape index (κ1) is 15.6. The Bertz CT molecular complexity index is 657. The number of amides is 2. The minimum atomic E-state index is -0.336. The fourth-order valence-corrected chi connectivity index (χ4v) is 4.50. The van der Waals surface area contributed by atoms with E-state index in [0.29, 0.717) is 44.7 Å². The van der Waals surface area contributed by atoms with Gasteiger partial charge in [0, 0.05) is 51.3 Å². The molecule has 6 nitrogen and oxygen atoms in total. The maximum atomic E-state index is 12.6. The molecule has 3 heterocycles. The molecule has 0 radical (unpaired) electrons. The Morgan fingerprint density at radius 2 is 1.75 bits per heavy atom. The highest BCUT2D eigenvalue weighted by Gasteiger charge is 2.57. The van der Waals surface area contributed by atoms with Crippen LogP contribution in [-0.2, 0) is 4.79 Å². The largest absolute Gasteiger partial charge is 0.392 e. The molecule has 2 unspecified atom stereocenters. The molecule has 1 spiro atoms. The number of piperazine rings is 1. The second kappa shape index (κ2) is 5.57. The zero-order chi connectivity index (χ0) is 16.9. The van der Waals surface area contributed by atoms with Crippen molar-refractivity contribution in [3.8, 4) is 0 Å². The van der Waals surface area contributed by atoms with Crippen molar-refractivity contribution in [3.05, 3.63) is 35.9 Å². The number of carbonyl (C=O) groups excluding carboxylic acids is 2. The molecule has 128 valence electrons. The van der Waals surface area contributed by atoms with E-state index in [2.05, 4.69) is 4.90 Å². The van der Waals surface area contributed by atoms with Gasteiger partial charge in [0.1, 0.15) is 0 Å². The number of nitrogens with zero attached hydrogens (tertiary/aromatic N) is 3. The lowest BCUT2D eigenvalue weighted by Gasteiger charge is -2.60. The van der Waals surface area contributed by atoms with Crippen LogP contribution in [0, 0.1) is 0 Å². The average molecular weight is 329 g/mol. The van der Waals surface area contributed by atoms with Crippen molar-refractivity contribution in [2.45, 2.75) is 31.0 Å². The Labute approximate surface area is 141 Å². The number of aliphatic hydroxyl groups is 1. The molecule has 3 saturated heterocycles. The normalized spacial score (nSPS) is 28.6. The molecule has 2 amide bonds. The molecule has 0 aliphatic carbocycles. The lowest BCUT2D eigenvalue weighted by atomic mass is 9.83. The standard InChI is InChI=1S/C18H23N3O3/c1-13(22)19-8-15-7-16(23)9-21(15)18(10-19)11-20(12-18)17(24)14-5-3-2-4-6-14/h2-6,15-16,23H,7-12H2,1H3. The summed E-state index contributed by atoms with van der Waals surface area (Å²) < 4.78 is 0. The van der Waals surface area contributed by atoms with Crippen LogP contribution in [0.2, 0.25) is 0 Å². The first-order valence-corrected chi connectivity index (χ1v) is 8.53. The van der Waals surface area contributed by atoms with Gasteiger partial charge in [-0.15, -0.1) is 0 Å². The third-order valence-corrected chi connectivity index (χ3v) is 5.64. The number of aliphatic hydroxyl groups excluding tert-OH is 1. The van der Waals surface area contributed by atoms with E-state index in [-0.39, 0.29) is 29.5 Å². The number of likely N-dealkylation sites (tertiary alicyclic amines) is 1. The second-order valence-electron chi connectivity index (χ2n) is 7.35. The highest BCUT2D eigenvalue weighted by atomic mass is 16.3. The monoisotopic (exact) mass is 329 g/mol. The van der Waals surface area contributed by atoms with E-state index in [1.165, 1.54) is 0 Å². The summed E-state index contributed by atoms with van der Waals surface area (Å²) in [6, 6.07) is 9.50. The number of benzene rings is 1. The molecule has 1 aromatic carbocycles. The molecule has 3 aliphatic rings. The molecule has 2 atom stereocenters. The Morgan fingerprint density at radius 3 is 2.42 bits per heavy atom. The van der Waals surface area contributed by atoms with Crippen molar-refractivity contribution in [1.82, 2.24) is 14.7 Å². The maximum Gasteiger partial charge on any atom is 0.253 e. The lowest BCUT2D eigenvalue weighted by Crippen LogP contribution is -2.79. The predicted octanol–water partition coefficient (Wildman–Crippen LogP) is 0.179. The van der Waals surface area contributed by atoms with Gasteiger partial charge in [0.25, 0.3) is 5.91 Å². The highest BCUT2D eigenvalue weighted by Crippen LogP contribution is 2.39. The molecule has 0 aromatic heterocycles. The van der Waals surface area contributed by atoms with E-state index in [9.17, 15) is 14.7 Å². The van der Waals surface area contributed by atoms with Crippen molar-refractivity contribution < 1.29 is 14.7 Å². The molecular formula is C18H23N3O3. The zero-order valence-electron chi connectivity index (χ0n) is 13.9. The fraction of sp³-hybridized carbons (Fsp3) is 0.556. The van der Waals surface area contributed by atoms with Crippen LogP contribution in [0.5, 0.6) is 0 Å². The first-order valence-electron chi connectivity index (χ1n) is 8.53. The first-order chi connectivity index (χ1) is 11.5. The summed E-state index contributed by atoms with van der Waals surface area (Å²) in [5.41, 5.74) is 0.501. The molecule has 1 aromatic rings. The van der Waals surface area contributed by atoms with Crippen LogP contribution < -0.4 is 0 Å². The van der Waals surface area contributed by atoms with E-state index < -0.39 is 0 Å². The van der Waals surface area contributed by atoms with Crippen LogP contribution in [0.3, 0.4) is 0 Å². The molecule has 6 heteroatoms. The Balaban J connectivity index is 1.52. The molecule has 1 N–H and O–H groups in total. The van der Waals surface area contributed by atoms with Gasteiger partial charge >= 0.3 is 0 Å². The summed E-state index contributed by atoms with van der Waals surface area (Å²) in [5.74, 6) is 0.112. The van der Waals surface area contributed by atoms with Crippen molar-refractivity contribution in [3.63, 3.8) is 0 Å². The van der Waals surface area contributed by atoms with Gasteiger partial charge in [0.2, 0.25) is 5.91 Å². The molecule has 24 heavy (non-hydrogen) atoms. The molecular weight excluding hydrogens is 306 g/mol. The van der Waals surface area contributed by atoms with Gasteiger partial charge in [-0.2, -0.15) is 0 Å². The van der Waals surface area contributed by atoms with E-state index >= 15 is 0 Å². The maximum absolute atomic E-state index is 12.6. The summed E-state index contributed by atoms with van der Waals surface area (Å²) in [7, 11) is 0. The third-order valence-electron chi connectivity index (χ3n) is 5.64. The van der Waals surface area contributed by atoms with Crippen molar-refractivity contribution in [2.75, 3.05) is 32.7 Å². The van der Waals surface area contributed by atoms with E-state index in [1.54, 1.807) is 6.92 Å². The SMILES string of the molecule is CC(=O)N1CC2CC(O)CN2C2(C1)CN(C(=O)c1ccccc1)C2. The highest BCUT2D eigenvalue weighted by molar-refractivity contribution is 5.95. The van der Waals surface area contributed by atoms with E-state index in [1.807, 2.05) is 40.1 Å².